The van der Waals surface area contributed by atoms with E-state index < -0.39 is 0 Å². The SMILES string of the molecule is C=C1OC(CN)CN1c1ccc(N2CCN(c3ccc(CC([CH]=[W])CCC)cc3)CC2)cc1. The van der Waals surface area contributed by atoms with E-state index in [2.05, 4.69) is 81.1 Å². The summed E-state index contributed by atoms with van der Waals surface area (Å²) in [6.45, 7) is 11.7. The van der Waals surface area contributed by atoms with Crippen molar-refractivity contribution >= 4 is 21.5 Å². The monoisotopic (exact) mass is 616 g/mol. The molecule has 2 N–H and O–H groups in total. The second-order valence-electron chi connectivity index (χ2n) is 9.03. The second kappa shape index (κ2) is 11.4. The molecule has 4 rings (SSSR count). The molecule has 6 heteroatoms. The predicted molar refractivity (Wildman–Crippen MR) is 136 cm³/mol. The van der Waals surface area contributed by atoms with Crippen molar-refractivity contribution in [3.63, 3.8) is 0 Å². The van der Waals surface area contributed by atoms with Crippen molar-refractivity contribution in [1.29, 1.82) is 0 Å². The van der Waals surface area contributed by atoms with E-state index in [0.29, 0.717) is 12.4 Å². The van der Waals surface area contributed by atoms with E-state index in [0.717, 1.165) is 44.3 Å². The van der Waals surface area contributed by atoms with Crippen LogP contribution in [0.1, 0.15) is 25.3 Å². The fourth-order valence-electron chi connectivity index (χ4n) is 4.77. The Morgan fingerprint density at radius 1 is 1.00 bits per heavy atom. The molecule has 2 saturated heterocycles. The predicted octanol–water partition coefficient (Wildman–Crippen LogP) is 3.96. The summed E-state index contributed by atoms with van der Waals surface area (Å²) in [5.41, 5.74) is 10.9. The summed E-state index contributed by atoms with van der Waals surface area (Å²) in [5.74, 6) is 1.41. The Labute approximate surface area is 209 Å². The maximum Gasteiger partial charge on any atom is -0.0362 e. The number of nitrogens with two attached hydrogens (primary N) is 1. The Morgan fingerprint density at radius 3 is 2.03 bits per heavy atom. The Kier molecular flexibility index (Phi) is 8.27. The van der Waals surface area contributed by atoms with E-state index in [9.17, 15) is 0 Å². The van der Waals surface area contributed by atoms with Crippen molar-refractivity contribution in [3.05, 3.63) is 66.6 Å². The minimum Gasteiger partial charge on any atom is -0.0367 e. The Balaban J connectivity index is 1.31. The first-order valence-corrected chi connectivity index (χ1v) is 13.8. The van der Waals surface area contributed by atoms with Crippen molar-refractivity contribution in [2.24, 2.45) is 11.7 Å². The number of hydrogen-bond acceptors (Lipinski definition) is 5. The number of piperazine rings is 1. The Hall–Kier alpha value is -2.10. The fraction of sp³-hybridized carbons (Fsp3) is 0.444. The minimum absolute atomic E-state index is 0.0306. The molecule has 0 radical (unpaired) electrons. The van der Waals surface area contributed by atoms with E-state index >= 15 is 0 Å². The molecule has 33 heavy (non-hydrogen) atoms. The zero-order valence-corrected chi connectivity index (χ0v) is 22.6. The summed E-state index contributed by atoms with van der Waals surface area (Å²) in [5, 5.41) is 0. The molecule has 2 aromatic rings. The molecule has 2 unspecified atom stereocenters. The zero-order valence-electron chi connectivity index (χ0n) is 19.7. The number of hydrogen-bond donors (Lipinski definition) is 1. The first-order chi connectivity index (χ1) is 16.1. The topological polar surface area (TPSA) is 45.0 Å². The van der Waals surface area contributed by atoms with Crippen LogP contribution in [-0.2, 0) is 30.5 Å². The molecule has 0 aliphatic carbocycles. The molecule has 0 amide bonds. The van der Waals surface area contributed by atoms with Crippen molar-refractivity contribution in [3.8, 4) is 0 Å². The summed E-state index contributed by atoms with van der Waals surface area (Å²) in [6.07, 6.45) is 3.76. The summed E-state index contributed by atoms with van der Waals surface area (Å²) < 4.78 is 8.15. The summed E-state index contributed by atoms with van der Waals surface area (Å²) in [7, 11) is 0. The van der Waals surface area contributed by atoms with Crippen LogP contribution in [0.4, 0.5) is 17.1 Å². The first kappa shape index (κ1) is 24.0. The summed E-state index contributed by atoms with van der Waals surface area (Å²) >= 11 is 1.59. The third-order valence-electron chi connectivity index (χ3n) is 6.71. The quantitative estimate of drug-likeness (QED) is 0.463. The number of nitrogens with zero attached hydrogens (tertiary/aromatic N) is 3. The van der Waals surface area contributed by atoms with Crippen LogP contribution in [0.3, 0.4) is 0 Å². The molecule has 2 aromatic carbocycles. The molecular weight excluding hydrogens is 580 g/mol. The van der Waals surface area contributed by atoms with Crippen LogP contribution in [-0.4, -0.2) is 49.8 Å². The number of ether oxygens (including phenoxy) is 1. The largest absolute Gasteiger partial charge is 0.0367 e. The van der Waals surface area contributed by atoms with Gasteiger partial charge in [-0.3, -0.25) is 0 Å². The van der Waals surface area contributed by atoms with Crippen molar-refractivity contribution in [2.75, 3.05) is 54.0 Å². The van der Waals surface area contributed by atoms with Crippen molar-refractivity contribution in [1.82, 2.24) is 0 Å². The van der Waals surface area contributed by atoms with E-state index in [4.69, 9.17) is 10.5 Å². The first-order valence-electron chi connectivity index (χ1n) is 12.1. The van der Waals surface area contributed by atoms with Gasteiger partial charge in [-0.05, 0) is 30.8 Å². The Morgan fingerprint density at radius 2 is 1.55 bits per heavy atom. The van der Waals surface area contributed by atoms with E-state index in [-0.39, 0.29) is 6.10 Å². The average molecular weight is 616 g/mol. The summed E-state index contributed by atoms with van der Waals surface area (Å²) in [6, 6.07) is 18.0. The van der Waals surface area contributed by atoms with Gasteiger partial charge in [0.15, 0.2) is 5.88 Å². The van der Waals surface area contributed by atoms with Gasteiger partial charge in [0.1, 0.15) is 6.10 Å². The van der Waals surface area contributed by atoms with Crippen molar-refractivity contribution in [2.45, 2.75) is 32.3 Å². The number of rotatable bonds is 9. The average Bonchev–Trinajstić information content (AvgIpc) is 3.25. The molecule has 0 saturated carbocycles. The maximum absolute atomic E-state index is 5.75. The maximum atomic E-state index is 5.75. The van der Waals surface area contributed by atoms with Crippen LogP contribution in [0, 0.1) is 5.92 Å². The molecule has 2 heterocycles. The van der Waals surface area contributed by atoms with Crippen LogP contribution in [0.5, 0.6) is 0 Å². The van der Waals surface area contributed by atoms with Gasteiger partial charge in [-0.1, -0.05) is 0 Å². The van der Waals surface area contributed by atoms with Crippen LogP contribution in [0.2, 0.25) is 0 Å². The van der Waals surface area contributed by atoms with Gasteiger partial charge < -0.3 is 15.4 Å². The fourth-order valence-corrected chi connectivity index (χ4v) is 5.61. The van der Waals surface area contributed by atoms with Gasteiger partial charge in [-0.25, -0.2) is 0 Å². The smallest absolute Gasteiger partial charge is 0.0362 e. The van der Waals surface area contributed by atoms with Gasteiger partial charge in [0.05, 0.1) is 6.54 Å². The zero-order chi connectivity index (χ0) is 23.2. The van der Waals surface area contributed by atoms with Gasteiger partial charge in [0, 0.05) is 12.2 Å². The molecule has 176 valence electrons. The molecule has 2 fully saturated rings. The van der Waals surface area contributed by atoms with Crippen LogP contribution in [0.15, 0.2) is 61.0 Å². The standard InChI is InChI=1S/C27H36N4O.W/c1-4-5-21(2)18-23-6-8-24(9-7-23)29-14-16-30(17-15-29)25-10-12-26(13-11-25)31-20-27(19-28)32-22(31)3;/h2,6-13,21,27H,3-5,14-20,28H2,1H3;. The van der Waals surface area contributed by atoms with Crippen LogP contribution >= 0.6 is 0 Å². The molecule has 2 aliphatic rings. The number of benzene rings is 2. The normalized spacial score (nSPS) is 19.5. The van der Waals surface area contributed by atoms with E-state index in [1.165, 1.54) is 36.2 Å². The van der Waals surface area contributed by atoms with E-state index in [1.54, 1.807) is 19.4 Å². The van der Waals surface area contributed by atoms with Gasteiger partial charge in [-0.2, -0.15) is 0 Å². The van der Waals surface area contributed by atoms with Gasteiger partial charge in [0.2, 0.25) is 0 Å². The van der Waals surface area contributed by atoms with Crippen LogP contribution in [0.25, 0.3) is 0 Å². The molecule has 0 bridgehead atoms. The third kappa shape index (κ3) is 5.88. The second-order valence-corrected chi connectivity index (χ2v) is 10.0. The van der Waals surface area contributed by atoms with Crippen LogP contribution < -0.4 is 20.4 Å². The summed E-state index contributed by atoms with van der Waals surface area (Å²) in [4.78, 5) is 7.08. The van der Waals surface area contributed by atoms with E-state index in [1.807, 2.05) is 0 Å². The minimum atomic E-state index is 0.0306. The molecular formula is C27H36N4OW. The Bertz CT molecular complexity index is 922. The third-order valence-corrected chi connectivity index (χ3v) is 8.09. The molecule has 2 atom stereocenters. The molecule has 0 aromatic heterocycles. The number of anilines is 3. The molecule has 0 spiro atoms. The molecule has 2 aliphatic heterocycles. The van der Waals surface area contributed by atoms with Gasteiger partial charge in [-0.15, -0.1) is 0 Å². The molecule has 5 nitrogen and oxygen atoms in total. The van der Waals surface area contributed by atoms with Gasteiger partial charge >= 0.3 is 133 Å². The van der Waals surface area contributed by atoms with Crippen molar-refractivity contribution < 1.29 is 24.1 Å². The van der Waals surface area contributed by atoms with Gasteiger partial charge in [0.25, 0.3) is 0 Å².